The molecule has 0 bridgehead atoms. The number of nitrogens with zero attached hydrogens (tertiary/aromatic N) is 3. The second-order valence-electron chi connectivity index (χ2n) is 7.80. The summed E-state index contributed by atoms with van der Waals surface area (Å²) in [6.45, 7) is 10.1. The average molecular weight is 335 g/mol. The number of benzene rings is 2. The molecular formula is C21H25N3O. The second-order valence-corrected chi connectivity index (χ2v) is 7.80. The lowest BCUT2D eigenvalue weighted by atomic mass is 9.87. The summed E-state index contributed by atoms with van der Waals surface area (Å²) in [5, 5.41) is 0. The Morgan fingerprint density at radius 2 is 1.76 bits per heavy atom. The highest BCUT2D eigenvalue weighted by Gasteiger charge is 2.24. The molecule has 2 heterocycles. The van der Waals surface area contributed by atoms with Gasteiger partial charge < -0.3 is 14.2 Å². The number of imidazole rings is 1. The van der Waals surface area contributed by atoms with Gasteiger partial charge >= 0.3 is 0 Å². The highest BCUT2D eigenvalue weighted by molar-refractivity contribution is 5.76. The number of aromatic nitrogens is 2. The smallest absolute Gasteiger partial charge is 0.140 e. The molecule has 3 aromatic rings. The van der Waals surface area contributed by atoms with Crippen LogP contribution in [-0.4, -0.2) is 16.3 Å². The van der Waals surface area contributed by atoms with Gasteiger partial charge in [0.2, 0.25) is 0 Å². The van der Waals surface area contributed by atoms with E-state index in [1.165, 1.54) is 11.3 Å². The summed E-state index contributed by atoms with van der Waals surface area (Å²) >= 11 is 0. The van der Waals surface area contributed by atoms with Crippen LogP contribution in [0.3, 0.4) is 0 Å². The van der Waals surface area contributed by atoms with Gasteiger partial charge in [-0.3, -0.25) is 0 Å². The molecule has 1 aliphatic heterocycles. The van der Waals surface area contributed by atoms with Crippen molar-refractivity contribution in [3.05, 3.63) is 59.9 Å². The number of fused-ring (bicyclic) bond motifs is 3. The van der Waals surface area contributed by atoms with E-state index in [2.05, 4.69) is 79.6 Å². The summed E-state index contributed by atoms with van der Waals surface area (Å²) < 4.78 is 8.33. The van der Waals surface area contributed by atoms with Gasteiger partial charge in [-0.25, -0.2) is 4.98 Å². The highest BCUT2D eigenvalue weighted by Crippen LogP contribution is 2.30. The molecule has 1 aliphatic rings. The monoisotopic (exact) mass is 335 g/mol. The molecular weight excluding hydrogens is 310 g/mol. The Hall–Kier alpha value is -2.33. The van der Waals surface area contributed by atoms with E-state index in [1.54, 1.807) is 0 Å². The van der Waals surface area contributed by atoms with E-state index in [0.29, 0.717) is 6.73 Å². The molecule has 4 nitrogen and oxygen atoms in total. The fraction of sp³-hybridized carbons (Fsp3) is 0.381. The Morgan fingerprint density at radius 3 is 2.48 bits per heavy atom. The first-order chi connectivity index (χ1) is 11.9. The molecule has 0 saturated carbocycles. The van der Waals surface area contributed by atoms with E-state index < -0.39 is 0 Å². The fourth-order valence-corrected chi connectivity index (χ4v) is 3.37. The van der Waals surface area contributed by atoms with Crippen LogP contribution in [0.5, 0.6) is 0 Å². The molecule has 0 radical (unpaired) electrons. The number of ether oxygens (including phenoxy) is 1. The largest absolute Gasteiger partial charge is 0.350 e. The van der Waals surface area contributed by atoms with Crippen LogP contribution in [0.15, 0.2) is 48.5 Å². The van der Waals surface area contributed by atoms with Crippen LogP contribution >= 0.6 is 0 Å². The van der Waals surface area contributed by atoms with Gasteiger partial charge in [-0.1, -0.05) is 45.0 Å². The standard InChI is InChI=1S/C21H25N3O/c1-15-20-22-18-7-5-6-8-19(18)24(20)13-23(14-25-15)17-11-9-16(10-12-17)21(2,3)4/h5-12,15H,13-14H2,1-4H3/t15-/m0/s1. The summed E-state index contributed by atoms with van der Waals surface area (Å²) in [5.41, 5.74) is 4.86. The molecule has 0 spiro atoms. The Balaban J connectivity index is 1.71. The summed E-state index contributed by atoms with van der Waals surface area (Å²) in [6, 6.07) is 17.1. The number of para-hydroxylation sites is 2. The van der Waals surface area contributed by atoms with Crippen LogP contribution in [0.2, 0.25) is 0 Å². The molecule has 0 aliphatic carbocycles. The molecule has 0 amide bonds. The first-order valence-corrected chi connectivity index (χ1v) is 8.86. The third kappa shape index (κ3) is 2.91. The average Bonchev–Trinajstić information content (AvgIpc) is 2.88. The maximum absolute atomic E-state index is 6.07. The minimum Gasteiger partial charge on any atom is -0.350 e. The van der Waals surface area contributed by atoms with Crippen LogP contribution in [0.1, 0.15) is 45.2 Å². The van der Waals surface area contributed by atoms with Crippen molar-refractivity contribution in [2.45, 2.75) is 45.9 Å². The van der Waals surface area contributed by atoms with Gasteiger partial charge in [0.25, 0.3) is 0 Å². The summed E-state index contributed by atoms with van der Waals surface area (Å²) in [4.78, 5) is 7.04. The van der Waals surface area contributed by atoms with Gasteiger partial charge in [0.1, 0.15) is 18.7 Å². The van der Waals surface area contributed by atoms with Crippen LogP contribution in [0.25, 0.3) is 11.0 Å². The van der Waals surface area contributed by atoms with Gasteiger partial charge in [0.05, 0.1) is 17.7 Å². The third-order valence-electron chi connectivity index (χ3n) is 4.94. The quantitative estimate of drug-likeness (QED) is 0.637. The number of rotatable bonds is 1. The van der Waals surface area contributed by atoms with Crippen molar-refractivity contribution >= 4 is 16.7 Å². The lowest BCUT2D eigenvalue weighted by Crippen LogP contribution is -2.26. The lowest BCUT2D eigenvalue weighted by molar-refractivity contribution is 0.0678. The molecule has 4 heteroatoms. The van der Waals surface area contributed by atoms with Crippen molar-refractivity contribution in [2.75, 3.05) is 11.6 Å². The number of anilines is 1. The molecule has 2 aromatic carbocycles. The Labute approximate surface area is 149 Å². The molecule has 4 rings (SSSR count). The zero-order valence-electron chi connectivity index (χ0n) is 15.4. The minimum atomic E-state index is -0.0220. The topological polar surface area (TPSA) is 30.3 Å². The van der Waals surface area contributed by atoms with Gasteiger partial charge in [0.15, 0.2) is 0 Å². The van der Waals surface area contributed by atoms with Crippen molar-refractivity contribution in [1.82, 2.24) is 9.55 Å². The van der Waals surface area contributed by atoms with Gasteiger partial charge in [-0.15, -0.1) is 0 Å². The Kier molecular flexibility index (Phi) is 3.80. The summed E-state index contributed by atoms with van der Waals surface area (Å²) in [5.74, 6) is 0.995. The maximum Gasteiger partial charge on any atom is 0.140 e. The minimum absolute atomic E-state index is 0.0220. The van der Waals surface area contributed by atoms with Crippen molar-refractivity contribution in [3.8, 4) is 0 Å². The molecule has 1 atom stereocenters. The predicted molar refractivity (Wildman–Crippen MR) is 102 cm³/mol. The van der Waals surface area contributed by atoms with Gasteiger partial charge in [-0.05, 0) is 42.2 Å². The van der Waals surface area contributed by atoms with E-state index in [-0.39, 0.29) is 11.5 Å². The van der Waals surface area contributed by atoms with Crippen molar-refractivity contribution < 1.29 is 4.74 Å². The Bertz CT molecular complexity index is 890. The van der Waals surface area contributed by atoms with E-state index in [4.69, 9.17) is 9.72 Å². The SMILES string of the molecule is C[C@@H]1OCN(c2ccc(C(C)(C)C)cc2)Cn2c1nc1ccccc12. The molecule has 0 N–H and O–H groups in total. The van der Waals surface area contributed by atoms with Crippen LogP contribution in [0.4, 0.5) is 5.69 Å². The van der Waals surface area contributed by atoms with E-state index >= 15 is 0 Å². The van der Waals surface area contributed by atoms with Crippen LogP contribution in [0, 0.1) is 0 Å². The lowest BCUT2D eigenvalue weighted by Gasteiger charge is -2.25. The second kappa shape index (κ2) is 5.88. The molecule has 0 unspecified atom stereocenters. The van der Waals surface area contributed by atoms with Crippen molar-refractivity contribution in [3.63, 3.8) is 0 Å². The van der Waals surface area contributed by atoms with E-state index in [1.807, 2.05) is 6.07 Å². The molecule has 1 aromatic heterocycles. The van der Waals surface area contributed by atoms with Crippen molar-refractivity contribution in [2.24, 2.45) is 0 Å². The predicted octanol–water partition coefficient (Wildman–Crippen LogP) is 4.85. The molecule has 0 fully saturated rings. The zero-order chi connectivity index (χ0) is 17.6. The third-order valence-corrected chi connectivity index (χ3v) is 4.94. The fourth-order valence-electron chi connectivity index (χ4n) is 3.37. The first kappa shape index (κ1) is 16.2. The highest BCUT2D eigenvalue weighted by atomic mass is 16.5. The van der Waals surface area contributed by atoms with Gasteiger partial charge in [0, 0.05) is 5.69 Å². The van der Waals surface area contributed by atoms with E-state index in [0.717, 1.165) is 23.5 Å². The molecule has 130 valence electrons. The van der Waals surface area contributed by atoms with E-state index in [9.17, 15) is 0 Å². The summed E-state index contributed by atoms with van der Waals surface area (Å²) in [6.07, 6.45) is -0.0220. The summed E-state index contributed by atoms with van der Waals surface area (Å²) in [7, 11) is 0. The first-order valence-electron chi connectivity index (χ1n) is 8.86. The number of hydrogen-bond acceptors (Lipinski definition) is 3. The maximum atomic E-state index is 6.07. The zero-order valence-corrected chi connectivity index (χ0v) is 15.4. The van der Waals surface area contributed by atoms with Crippen LogP contribution < -0.4 is 4.90 Å². The number of hydrogen-bond donors (Lipinski definition) is 0. The Morgan fingerprint density at radius 1 is 1.04 bits per heavy atom. The molecule has 25 heavy (non-hydrogen) atoms. The van der Waals surface area contributed by atoms with Crippen LogP contribution in [-0.2, 0) is 16.8 Å². The van der Waals surface area contributed by atoms with Gasteiger partial charge in [-0.2, -0.15) is 0 Å². The normalized spacial score (nSPS) is 18.2. The van der Waals surface area contributed by atoms with Crippen molar-refractivity contribution in [1.29, 1.82) is 0 Å². The molecule has 0 saturated heterocycles.